The molecule has 2 N–H and O–H groups in total. The molecule has 0 fully saturated rings. The maximum Gasteiger partial charge on any atom is 0.251 e. The Labute approximate surface area is 131 Å². The highest BCUT2D eigenvalue weighted by Crippen LogP contribution is 2.23. The van der Waals surface area contributed by atoms with Crippen LogP contribution in [0.15, 0.2) is 59.2 Å². The van der Waals surface area contributed by atoms with Crippen LogP contribution in [0.25, 0.3) is 10.9 Å². The number of hydrogen-bond acceptors (Lipinski definition) is 1. The van der Waals surface area contributed by atoms with Gasteiger partial charge in [0.1, 0.15) is 0 Å². The zero-order valence-electron chi connectivity index (χ0n) is 11.6. The predicted octanol–water partition coefficient (Wildman–Crippen LogP) is 4.42. The van der Waals surface area contributed by atoms with Gasteiger partial charge in [-0.3, -0.25) is 4.79 Å². The van der Waals surface area contributed by atoms with Crippen LogP contribution in [-0.4, -0.2) is 10.9 Å². The smallest absolute Gasteiger partial charge is 0.251 e. The quantitative estimate of drug-likeness (QED) is 0.726. The van der Waals surface area contributed by atoms with Gasteiger partial charge in [0.15, 0.2) is 0 Å². The van der Waals surface area contributed by atoms with Crippen molar-refractivity contribution in [1.29, 1.82) is 0 Å². The van der Waals surface area contributed by atoms with E-state index in [1.807, 2.05) is 61.7 Å². The van der Waals surface area contributed by atoms with Crippen LogP contribution in [0.3, 0.4) is 0 Å². The van der Waals surface area contributed by atoms with Crippen molar-refractivity contribution in [3.05, 3.63) is 70.3 Å². The van der Waals surface area contributed by atoms with Gasteiger partial charge in [0.25, 0.3) is 5.91 Å². The zero-order chi connectivity index (χ0) is 14.8. The normalized spacial score (nSPS) is 12.3. The van der Waals surface area contributed by atoms with Crippen LogP contribution in [-0.2, 0) is 0 Å². The van der Waals surface area contributed by atoms with E-state index in [0.29, 0.717) is 5.56 Å². The molecule has 4 heteroatoms. The third-order valence-corrected chi connectivity index (χ3v) is 4.26. The first kappa shape index (κ1) is 13.9. The molecule has 106 valence electrons. The third kappa shape index (κ3) is 2.85. The minimum absolute atomic E-state index is 0.0626. The highest BCUT2D eigenvalue weighted by Gasteiger charge is 2.13. The summed E-state index contributed by atoms with van der Waals surface area (Å²) in [5.41, 5.74) is 2.69. The van der Waals surface area contributed by atoms with Crippen molar-refractivity contribution in [2.75, 3.05) is 0 Å². The first-order valence-corrected chi connectivity index (χ1v) is 7.57. The average molecular weight is 343 g/mol. The fourth-order valence-electron chi connectivity index (χ4n) is 2.37. The van der Waals surface area contributed by atoms with E-state index in [2.05, 4.69) is 26.2 Å². The van der Waals surface area contributed by atoms with Gasteiger partial charge < -0.3 is 10.3 Å². The molecule has 21 heavy (non-hydrogen) atoms. The van der Waals surface area contributed by atoms with Crippen molar-refractivity contribution in [3.8, 4) is 0 Å². The molecule has 2 aromatic carbocycles. The van der Waals surface area contributed by atoms with Crippen LogP contribution in [0.2, 0.25) is 0 Å². The molecule has 0 unspecified atom stereocenters. The molecular formula is C17H15BrN2O. The standard InChI is InChI=1S/C17H15BrN2O/c1-11(14-4-2-3-5-15(14)18)20-17(21)13-7-6-12-8-9-19-16(12)10-13/h2-11,19H,1H3,(H,20,21)/t11-/m1/s1. The van der Waals surface area contributed by atoms with Crippen LogP contribution >= 0.6 is 15.9 Å². The number of aromatic nitrogens is 1. The van der Waals surface area contributed by atoms with Crippen molar-refractivity contribution < 1.29 is 4.79 Å². The Morgan fingerprint density at radius 1 is 1.19 bits per heavy atom. The molecule has 3 nitrogen and oxygen atoms in total. The van der Waals surface area contributed by atoms with Crippen molar-refractivity contribution in [3.63, 3.8) is 0 Å². The van der Waals surface area contributed by atoms with E-state index in [9.17, 15) is 4.79 Å². The van der Waals surface area contributed by atoms with E-state index in [1.54, 1.807) is 0 Å². The maximum absolute atomic E-state index is 12.4. The van der Waals surface area contributed by atoms with Gasteiger partial charge in [-0.25, -0.2) is 0 Å². The van der Waals surface area contributed by atoms with Gasteiger partial charge in [-0.2, -0.15) is 0 Å². The van der Waals surface area contributed by atoms with Crippen LogP contribution < -0.4 is 5.32 Å². The van der Waals surface area contributed by atoms with Gasteiger partial charge in [0, 0.05) is 21.7 Å². The van der Waals surface area contributed by atoms with Gasteiger partial charge in [-0.15, -0.1) is 0 Å². The Kier molecular flexibility index (Phi) is 3.80. The average Bonchev–Trinajstić information content (AvgIpc) is 2.94. The van der Waals surface area contributed by atoms with Gasteiger partial charge in [-0.1, -0.05) is 40.2 Å². The van der Waals surface area contributed by atoms with Gasteiger partial charge in [0.2, 0.25) is 0 Å². The Morgan fingerprint density at radius 2 is 2.00 bits per heavy atom. The third-order valence-electron chi connectivity index (χ3n) is 3.54. The van der Waals surface area contributed by atoms with Crippen molar-refractivity contribution in [1.82, 2.24) is 10.3 Å². The molecule has 1 aromatic heterocycles. The zero-order valence-corrected chi connectivity index (χ0v) is 13.1. The molecule has 0 spiro atoms. The molecule has 1 heterocycles. The Balaban J connectivity index is 1.81. The summed E-state index contributed by atoms with van der Waals surface area (Å²) in [7, 11) is 0. The summed E-state index contributed by atoms with van der Waals surface area (Å²) in [4.78, 5) is 15.5. The van der Waals surface area contributed by atoms with E-state index in [0.717, 1.165) is 20.9 Å². The van der Waals surface area contributed by atoms with E-state index in [1.165, 1.54) is 0 Å². The summed E-state index contributed by atoms with van der Waals surface area (Å²) in [6, 6.07) is 15.5. The summed E-state index contributed by atoms with van der Waals surface area (Å²) >= 11 is 3.51. The number of benzene rings is 2. The van der Waals surface area contributed by atoms with E-state index in [-0.39, 0.29) is 11.9 Å². The second kappa shape index (κ2) is 5.74. The second-order valence-electron chi connectivity index (χ2n) is 5.00. The minimum atomic E-state index is -0.0743. The lowest BCUT2D eigenvalue weighted by Crippen LogP contribution is -2.26. The number of H-pyrrole nitrogens is 1. The lowest BCUT2D eigenvalue weighted by Gasteiger charge is -2.16. The number of fused-ring (bicyclic) bond motifs is 1. The molecule has 3 aromatic rings. The fraction of sp³-hybridized carbons (Fsp3) is 0.118. The molecule has 1 amide bonds. The molecule has 3 rings (SSSR count). The van der Waals surface area contributed by atoms with Crippen LogP contribution in [0.5, 0.6) is 0 Å². The minimum Gasteiger partial charge on any atom is -0.361 e. The molecular weight excluding hydrogens is 328 g/mol. The molecule has 0 saturated heterocycles. The molecule has 0 aliphatic heterocycles. The fourth-order valence-corrected chi connectivity index (χ4v) is 3.00. The maximum atomic E-state index is 12.4. The summed E-state index contributed by atoms with van der Waals surface area (Å²) in [5, 5.41) is 4.13. The van der Waals surface area contributed by atoms with Gasteiger partial charge >= 0.3 is 0 Å². The number of rotatable bonds is 3. The van der Waals surface area contributed by atoms with Gasteiger partial charge in [0.05, 0.1) is 6.04 Å². The van der Waals surface area contributed by atoms with Crippen molar-refractivity contribution in [2.45, 2.75) is 13.0 Å². The summed E-state index contributed by atoms with van der Waals surface area (Å²) in [5.74, 6) is -0.0743. The number of carbonyl (C=O) groups is 1. The highest BCUT2D eigenvalue weighted by atomic mass is 79.9. The number of nitrogens with one attached hydrogen (secondary N) is 2. The lowest BCUT2D eigenvalue weighted by molar-refractivity contribution is 0.0940. The van der Waals surface area contributed by atoms with Crippen molar-refractivity contribution >= 4 is 32.7 Å². The van der Waals surface area contributed by atoms with E-state index in [4.69, 9.17) is 0 Å². The number of amides is 1. The highest BCUT2D eigenvalue weighted by molar-refractivity contribution is 9.10. The van der Waals surface area contributed by atoms with Crippen LogP contribution in [0.4, 0.5) is 0 Å². The molecule has 0 bridgehead atoms. The van der Waals surface area contributed by atoms with E-state index >= 15 is 0 Å². The first-order valence-electron chi connectivity index (χ1n) is 6.77. The number of hydrogen-bond donors (Lipinski definition) is 2. The lowest BCUT2D eigenvalue weighted by atomic mass is 10.1. The van der Waals surface area contributed by atoms with Crippen LogP contribution in [0.1, 0.15) is 28.9 Å². The molecule has 0 aliphatic rings. The second-order valence-corrected chi connectivity index (χ2v) is 5.85. The summed E-state index contributed by atoms with van der Waals surface area (Å²) in [6.07, 6.45) is 1.87. The Morgan fingerprint density at radius 3 is 2.81 bits per heavy atom. The number of aromatic amines is 1. The predicted molar refractivity (Wildman–Crippen MR) is 88.3 cm³/mol. The molecule has 0 radical (unpaired) electrons. The molecule has 0 aliphatic carbocycles. The monoisotopic (exact) mass is 342 g/mol. The molecule has 0 saturated carbocycles. The molecule has 1 atom stereocenters. The Bertz CT molecular complexity index is 794. The summed E-state index contributed by atoms with van der Waals surface area (Å²) in [6.45, 7) is 1.98. The number of halogens is 1. The topological polar surface area (TPSA) is 44.9 Å². The first-order chi connectivity index (χ1) is 10.1. The van der Waals surface area contributed by atoms with Crippen molar-refractivity contribution in [2.24, 2.45) is 0 Å². The van der Waals surface area contributed by atoms with Gasteiger partial charge in [-0.05, 0) is 42.1 Å². The van der Waals surface area contributed by atoms with Crippen LogP contribution in [0, 0.1) is 0 Å². The largest absolute Gasteiger partial charge is 0.361 e. The Hall–Kier alpha value is -2.07. The van der Waals surface area contributed by atoms with E-state index < -0.39 is 0 Å². The SMILES string of the molecule is C[C@@H](NC(=O)c1ccc2cc[nH]c2c1)c1ccccc1Br. The summed E-state index contributed by atoms with van der Waals surface area (Å²) < 4.78 is 0.998. The number of carbonyl (C=O) groups excluding carboxylic acids is 1.